The van der Waals surface area contributed by atoms with Gasteiger partial charge in [0.25, 0.3) is 5.56 Å². The van der Waals surface area contributed by atoms with E-state index >= 15 is 0 Å². The van der Waals surface area contributed by atoms with Gasteiger partial charge in [0.05, 0.1) is 6.07 Å². The lowest BCUT2D eigenvalue weighted by Crippen LogP contribution is -2.04. The summed E-state index contributed by atoms with van der Waals surface area (Å²) in [6.07, 6.45) is 1.12. The van der Waals surface area contributed by atoms with Crippen LogP contribution in [0.5, 0.6) is 5.75 Å². The average Bonchev–Trinajstić information content (AvgIpc) is 3.11. The highest BCUT2D eigenvalue weighted by Crippen LogP contribution is 2.39. The van der Waals surface area contributed by atoms with E-state index in [9.17, 15) is 9.90 Å². The molecule has 0 radical (unpaired) electrons. The Morgan fingerprint density at radius 1 is 1.20 bits per heavy atom. The van der Waals surface area contributed by atoms with Gasteiger partial charge in [0.1, 0.15) is 10.4 Å². The van der Waals surface area contributed by atoms with E-state index in [1.807, 2.05) is 35.7 Å². The molecule has 2 heterocycles. The molecule has 5 heteroatoms. The number of fused-ring (bicyclic) bond motifs is 3. The first-order valence-corrected chi connectivity index (χ1v) is 8.78. The van der Waals surface area contributed by atoms with Gasteiger partial charge in [-0.2, -0.15) is 5.26 Å². The number of thiophene rings is 1. The van der Waals surface area contributed by atoms with E-state index in [1.54, 1.807) is 12.1 Å². The Labute approximate surface area is 147 Å². The van der Waals surface area contributed by atoms with Crippen molar-refractivity contribution >= 4 is 32.3 Å². The van der Waals surface area contributed by atoms with E-state index in [-0.39, 0.29) is 11.3 Å². The Bertz CT molecular complexity index is 1200. The Balaban J connectivity index is 2.05. The molecule has 0 aliphatic heterocycles. The number of nitrogens with one attached hydrogen (secondary N) is 1. The summed E-state index contributed by atoms with van der Waals surface area (Å²) in [7, 11) is 0. The minimum Gasteiger partial charge on any atom is -0.507 e. The van der Waals surface area contributed by atoms with Crippen molar-refractivity contribution in [3.63, 3.8) is 0 Å². The molecule has 122 valence electrons. The lowest BCUT2D eigenvalue weighted by molar-refractivity contribution is 0.478. The Morgan fingerprint density at radius 3 is 2.92 bits per heavy atom. The number of nitriles is 1. The standard InChI is InChI=1S/C20H14N2O2S/c21-9-2-4-12-3-1-5-13(11-12)17-16(23)7-6-15-18(17)14-8-10-25-19(14)20(24)22-15/h1,3,5-8,10-11,23H,2,4H2,(H,22,24). The first kappa shape index (κ1) is 15.4. The number of aryl methyl sites for hydroxylation is 1. The first-order chi connectivity index (χ1) is 12.2. The quantitative estimate of drug-likeness (QED) is 0.570. The molecule has 0 saturated heterocycles. The van der Waals surface area contributed by atoms with Crippen molar-refractivity contribution in [1.82, 2.24) is 4.98 Å². The van der Waals surface area contributed by atoms with Crippen molar-refractivity contribution in [3.8, 4) is 22.9 Å². The molecule has 2 N–H and O–H groups in total. The number of pyridine rings is 1. The van der Waals surface area contributed by atoms with Crippen molar-refractivity contribution in [3.05, 3.63) is 63.8 Å². The van der Waals surface area contributed by atoms with E-state index in [4.69, 9.17) is 5.26 Å². The predicted octanol–water partition coefficient (Wildman–Crippen LogP) is 4.57. The molecule has 0 amide bonds. The van der Waals surface area contributed by atoms with Crippen LogP contribution >= 0.6 is 11.3 Å². The van der Waals surface area contributed by atoms with Gasteiger partial charge in [0, 0.05) is 28.3 Å². The summed E-state index contributed by atoms with van der Waals surface area (Å²) in [5.74, 6) is 0.171. The highest BCUT2D eigenvalue weighted by molar-refractivity contribution is 7.17. The van der Waals surface area contributed by atoms with Crippen molar-refractivity contribution in [2.24, 2.45) is 0 Å². The topological polar surface area (TPSA) is 76.9 Å². The number of aromatic amines is 1. The van der Waals surface area contributed by atoms with Crippen LogP contribution in [0.1, 0.15) is 12.0 Å². The minimum absolute atomic E-state index is 0.114. The predicted molar refractivity (Wildman–Crippen MR) is 101 cm³/mol. The van der Waals surface area contributed by atoms with Crippen LogP contribution in [0.4, 0.5) is 0 Å². The Kier molecular flexibility index (Phi) is 3.75. The molecule has 0 saturated carbocycles. The van der Waals surface area contributed by atoms with Gasteiger partial charge in [-0.3, -0.25) is 4.79 Å². The number of hydrogen-bond donors (Lipinski definition) is 2. The second-order valence-corrected chi connectivity index (χ2v) is 6.77. The summed E-state index contributed by atoms with van der Waals surface area (Å²) in [5.41, 5.74) is 3.21. The molecule has 0 spiro atoms. The third kappa shape index (κ3) is 2.57. The third-order valence-electron chi connectivity index (χ3n) is 4.31. The van der Waals surface area contributed by atoms with Crippen LogP contribution in [0, 0.1) is 11.3 Å². The monoisotopic (exact) mass is 346 g/mol. The molecule has 0 aliphatic rings. The van der Waals surface area contributed by atoms with Crippen LogP contribution in [0.25, 0.3) is 32.1 Å². The van der Waals surface area contributed by atoms with Gasteiger partial charge in [0.2, 0.25) is 0 Å². The number of hydrogen-bond acceptors (Lipinski definition) is 4. The van der Waals surface area contributed by atoms with Gasteiger partial charge in [-0.1, -0.05) is 24.3 Å². The van der Waals surface area contributed by atoms with Crippen LogP contribution in [0.3, 0.4) is 0 Å². The van der Waals surface area contributed by atoms with E-state index in [1.165, 1.54) is 11.3 Å². The third-order valence-corrected chi connectivity index (χ3v) is 5.23. The van der Waals surface area contributed by atoms with Crippen molar-refractivity contribution in [2.45, 2.75) is 12.8 Å². The van der Waals surface area contributed by atoms with E-state index < -0.39 is 0 Å². The fourth-order valence-electron chi connectivity index (χ4n) is 3.21. The van der Waals surface area contributed by atoms with Gasteiger partial charge >= 0.3 is 0 Å². The highest BCUT2D eigenvalue weighted by atomic mass is 32.1. The number of H-pyrrole nitrogens is 1. The van der Waals surface area contributed by atoms with E-state index in [0.29, 0.717) is 28.6 Å². The zero-order valence-corrected chi connectivity index (χ0v) is 14.1. The van der Waals surface area contributed by atoms with Gasteiger partial charge in [-0.05, 0) is 41.1 Å². The number of phenols is 1. The second-order valence-electron chi connectivity index (χ2n) is 5.86. The molecule has 0 fully saturated rings. The van der Waals surface area contributed by atoms with Crippen LogP contribution < -0.4 is 5.56 Å². The van der Waals surface area contributed by atoms with Gasteiger partial charge < -0.3 is 10.1 Å². The molecule has 4 rings (SSSR count). The number of nitrogens with zero attached hydrogens (tertiary/aromatic N) is 1. The number of aromatic nitrogens is 1. The largest absolute Gasteiger partial charge is 0.507 e. The lowest BCUT2D eigenvalue weighted by atomic mass is 9.95. The van der Waals surface area contributed by atoms with E-state index in [0.717, 1.165) is 21.9 Å². The summed E-state index contributed by atoms with van der Waals surface area (Å²) in [4.78, 5) is 15.1. The van der Waals surface area contributed by atoms with Crippen molar-refractivity contribution < 1.29 is 5.11 Å². The molecule has 25 heavy (non-hydrogen) atoms. The number of rotatable bonds is 3. The first-order valence-electron chi connectivity index (χ1n) is 7.90. The smallest absolute Gasteiger partial charge is 0.266 e. The molecule has 0 unspecified atom stereocenters. The second kappa shape index (κ2) is 6.08. The van der Waals surface area contributed by atoms with Gasteiger partial charge in [-0.15, -0.1) is 11.3 Å². The Morgan fingerprint density at radius 2 is 2.08 bits per heavy atom. The molecule has 2 aromatic heterocycles. The number of phenolic OH excluding ortho intramolecular Hbond substituents is 1. The minimum atomic E-state index is -0.114. The zero-order valence-electron chi connectivity index (χ0n) is 13.2. The maximum absolute atomic E-state index is 12.2. The Hall–Kier alpha value is -3.10. The molecule has 4 nitrogen and oxygen atoms in total. The summed E-state index contributed by atoms with van der Waals surface area (Å²) < 4.78 is 0.653. The maximum atomic E-state index is 12.2. The lowest BCUT2D eigenvalue weighted by Gasteiger charge is -2.12. The van der Waals surface area contributed by atoms with Crippen LogP contribution in [0.2, 0.25) is 0 Å². The molecular weight excluding hydrogens is 332 g/mol. The summed E-state index contributed by atoms with van der Waals surface area (Å²) in [6, 6.07) is 15.2. The normalized spacial score (nSPS) is 11.0. The average molecular weight is 346 g/mol. The van der Waals surface area contributed by atoms with Crippen molar-refractivity contribution in [1.29, 1.82) is 5.26 Å². The number of benzene rings is 2. The summed E-state index contributed by atoms with van der Waals surface area (Å²) >= 11 is 1.39. The molecule has 4 aromatic rings. The SMILES string of the molecule is N#CCCc1cccc(-c2c(O)ccc3[nH]c(=O)c4sccc4c23)c1. The molecule has 2 aromatic carbocycles. The van der Waals surface area contributed by atoms with Crippen LogP contribution in [-0.2, 0) is 6.42 Å². The summed E-state index contributed by atoms with van der Waals surface area (Å²) in [5, 5.41) is 22.9. The number of aromatic hydroxyl groups is 1. The maximum Gasteiger partial charge on any atom is 0.266 e. The summed E-state index contributed by atoms with van der Waals surface area (Å²) in [6.45, 7) is 0. The highest BCUT2D eigenvalue weighted by Gasteiger charge is 2.15. The molecule has 0 bridgehead atoms. The van der Waals surface area contributed by atoms with Gasteiger partial charge in [-0.25, -0.2) is 0 Å². The van der Waals surface area contributed by atoms with Gasteiger partial charge in [0.15, 0.2) is 0 Å². The van der Waals surface area contributed by atoms with Crippen molar-refractivity contribution in [2.75, 3.05) is 0 Å². The fraction of sp³-hybridized carbons (Fsp3) is 0.100. The fourth-order valence-corrected chi connectivity index (χ4v) is 4.01. The van der Waals surface area contributed by atoms with E-state index in [2.05, 4.69) is 11.1 Å². The van der Waals surface area contributed by atoms with Crippen LogP contribution in [-0.4, -0.2) is 10.1 Å². The molecular formula is C20H14N2O2S. The van der Waals surface area contributed by atoms with Crippen LogP contribution in [0.15, 0.2) is 52.6 Å². The zero-order chi connectivity index (χ0) is 17.4. The molecule has 0 atom stereocenters. The molecule has 0 aliphatic carbocycles.